The van der Waals surface area contributed by atoms with Gasteiger partial charge in [0.1, 0.15) is 6.61 Å². The summed E-state index contributed by atoms with van der Waals surface area (Å²) in [5, 5.41) is 1.75. The van der Waals surface area contributed by atoms with Crippen LogP contribution in [-0.2, 0) is 4.74 Å². The van der Waals surface area contributed by atoms with E-state index in [-0.39, 0.29) is 25.4 Å². The minimum atomic E-state index is -4.16. The quantitative estimate of drug-likeness (QED) is 0.581. The average Bonchev–Trinajstić information content (AvgIpc) is 2.62. The van der Waals surface area contributed by atoms with Gasteiger partial charge in [-0.1, -0.05) is 0 Å². The van der Waals surface area contributed by atoms with Crippen LogP contribution in [0, 0.1) is 0 Å². The highest BCUT2D eigenvalue weighted by atomic mass is 79.9. The van der Waals surface area contributed by atoms with Crippen LogP contribution >= 0.6 is 27.3 Å². The fraction of sp³-hybridized carbons (Fsp3) is 0.500. The molecule has 0 amide bonds. The van der Waals surface area contributed by atoms with E-state index in [1.165, 1.54) is 11.3 Å². The van der Waals surface area contributed by atoms with Crippen molar-refractivity contribution >= 4 is 33.0 Å². The number of ketones is 1. The molecule has 0 spiro atoms. The number of hydrogen-bond donors (Lipinski definition) is 0. The van der Waals surface area contributed by atoms with Crippen molar-refractivity contribution in [1.29, 1.82) is 0 Å². The number of Topliss-reactive ketones (excluding diaryl/α,β-unsaturated/α-hetero) is 1. The Morgan fingerprint density at radius 3 is 2.71 bits per heavy atom. The van der Waals surface area contributed by atoms with Gasteiger partial charge >= 0.3 is 6.18 Å². The maximum absolute atomic E-state index is 11.8. The maximum Gasteiger partial charge on any atom is 0.389 e. The highest BCUT2D eigenvalue weighted by Crippen LogP contribution is 2.23. The third-order valence-corrected chi connectivity index (χ3v) is 3.73. The Morgan fingerprint density at radius 2 is 2.18 bits per heavy atom. The summed E-state index contributed by atoms with van der Waals surface area (Å²) in [5.74, 6) is -0.223. The molecular formula is C10H10BrF3O2S. The first-order chi connectivity index (χ1) is 7.90. The van der Waals surface area contributed by atoms with E-state index in [1.807, 2.05) is 0 Å². The van der Waals surface area contributed by atoms with Crippen molar-refractivity contribution < 1.29 is 22.7 Å². The second kappa shape index (κ2) is 6.51. The summed E-state index contributed by atoms with van der Waals surface area (Å²) in [6.45, 7) is -0.245. The largest absolute Gasteiger partial charge is 0.389 e. The van der Waals surface area contributed by atoms with Gasteiger partial charge in [0.15, 0.2) is 5.78 Å². The molecule has 0 bridgehead atoms. The summed E-state index contributed by atoms with van der Waals surface area (Å²) in [7, 11) is 0. The van der Waals surface area contributed by atoms with E-state index < -0.39 is 12.6 Å². The molecule has 96 valence electrons. The van der Waals surface area contributed by atoms with Gasteiger partial charge < -0.3 is 4.74 Å². The van der Waals surface area contributed by atoms with E-state index in [4.69, 9.17) is 4.74 Å². The molecule has 0 radical (unpaired) electrons. The van der Waals surface area contributed by atoms with Crippen molar-refractivity contribution in [2.45, 2.75) is 19.0 Å². The lowest BCUT2D eigenvalue weighted by Gasteiger charge is -2.06. The number of halogens is 4. The van der Waals surface area contributed by atoms with Gasteiger partial charge in [0, 0.05) is 17.5 Å². The van der Waals surface area contributed by atoms with E-state index in [0.29, 0.717) is 9.35 Å². The summed E-state index contributed by atoms with van der Waals surface area (Å²) in [4.78, 5) is 12.0. The lowest BCUT2D eigenvalue weighted by atomic mass is 10.3. The lowest BCUT2D eigenvalue weighted by molar-refractivity contribution is -0.137. The van der Waals surface area contributed by atoms with Crippen LogP contribution in [-0.4, -0.2) is 25.2 Å². The molecule has 1 aromatic heterocycles. The fourth-order valence-electron chi connectivity index (χ4n) is 1.10. The van der Waals surface area contributed by atoms with Crippen LogP contribution in [0.1, 0.15) is 22.5 Å². The number of carbonyl (C=O) groups excluding carboxylic acids is 1. The maximum atomic E-state index is 11.8. The standard InChI is InChI=1S/C10H10BrF3O2S/c11-7-2-5-17-9(7)8(15)6-16-4-1-3-10(12,13)14/h2,5H,1,3-4,6H2. The smallest absolute Gasteiger partial charge is 0.373 e. The van der Waals surface area contributed by atoms with Crippen LogP contribution in [0.4, 0.5) is 13.2 Å². The van der Waals surface area contributed by atoms with E-state index in [0.717, 1.165) is 0 Å². The van der Waals surface area contributed by atoms with Gasteiger partial charge in [-0.3, -0.25) is 4.79 Å². The number of hydrogen-bond acceptors (Lipinski definition) is 3. The van der Waals surface area contributed by atoms with Gasteiger partial charge in [-0.15, -0.1) is 11.3 Å². The fourth-order valence-corrected chi connectivity index (χ4v) is 2.62. The highest BCUT2D eigenvalue weighted by Gasteiger charge is 2.26. The molecule has 1 aromatic rings. The van der Waals surface area contributed by atoms with Crippen LogP contribution in [0.25, 0.3) is 0 Å². The normalized spacial score (nSPS) is 11.8. The Balaban J connectivity index is 2.20. The summed E-state index contributed by atoms with van der Waals surface area (Å²) in [6.07, 6.45) is -5.17. The number of rotatable bonds is 6. The topological polar surface area (TPSA) is 26.3 Å². The predicted molar refractivity (Wildman–Crippen MR) is 62.5 cm³/mol. The van der Waals surface area contributed by atoms with Crippen molar-refractivity contribution in [3.05, 3.63) is 20.8 Å². The van der Waals surface area contributed by atoms with Crippen LogP contribution in [0.15, 0.2) is 15.9 Å². The van der Waals surface area contributed by atoms with Gasteiger partial charge in [-0.2, -0.15) is 13.2 Å². The predicted octanol–water partition coefficient (Wildman–Crippen LogP) is 4.05. The third kappa shape index (κ3) is 5.65. The molecule has 0 saturated carbocycles. The molecule has 7 heteroatoms. The Bertz CT molecular complexity index is 376. The SMILES string of the molecule is O=C(COCCCC(F)(F)F)c1sccc1Br. The molecule has 0 unspecified atom stereocenters. The van der Waals surface area contributed by atoms with Gasteiger partial charge in [0.25, 0.3) is 0 Å². The van der Waals surface area contributed by atoms with Crippen LogP contribution < -0.4 is 0 Å². The number of thiophene rings is 1. The zero-order valence-corrected chi connectivity index (χ0v) is 11.1. The highest BCUT2D eigenvalue weighted by molar-refractivity contribution is 9.10. The summed E-state index contributed by atoms with van der Waals surface area (Å²) < 4.78 is 41.0. The van der Waals surface area contributed by atoms with Gasteiger partial charge in [0.05, 0.1) is 4.88 Å². The minimum Gasteiger partial charge on any atom is -0.373 e. The number of ether oxygens (including phenoxy) is 1. The first kappa shape index (κ1) is 14.7. The van der Waals surface area contributed by atoms with E-state index in [9.17, 15) is 18.0 Å². The zero-order valence-electron chi connectivity index (χ0n) is 8.72. The van der Waals surface area contributed by atoms with Crippen molar-refractivity contribution in [1.82, 2.24) is 0 Å². The Labute approximate surface area is 109 Å². The average molecular weight is 331 g/mol. The summed E-state index contributed by atoms with van der Waals surface area (Å²) in [6, 6.07) is 1.74. The summed E-state index contributed by atoms with van der Waals surface area (Å²) >= 11 is 4.47. The number of carbonyl (C=O) groups is 1. The molecular weight excluding hydrogens is 321 g/mol. The molecule has 0 aliphatic rings. The molecule has 0 aliphatic carbocycles. The Kier molecular flexibility index (Phi) is 5.61. The molecule has 0 fully saturated rings. The third-order valence-electron chi connectivity index (χ3n) is 1.85. The first-order valence-electron chi connectivity index (χ1n) is 4.81. The van der Waals surface area contributed by atoms with E-state index >= 15 is 0 Å². The van der Waals surface area contributed by atoms with Crippen molar-refractivity contribution in [3.8, 4) is 0 Å². The van der Waals surface area contributed by atoms with E-state index in [1.54, 1.807) is 11.4 Å². The molecule has 17 heavy (non-hydrogen) atoms. The lowest BCUT2D eigenvalue weighted by Crippen LogP contribution is -2.12. The zero-order chi connectivity index (χ0) is 12.9. The molecule has 0 N–H and O–H groups in total. The molecule has 0 saturated heterocycles. The Morgan fingerprint density at radius 1 is 1.47 bits per heavy atom. The van der Waals surface area contributed by atoms with Crippen molar-refractivity contribution in [3.63, 3.8) is 0 Å². The van der Waals surface area contributed by atoms with Crippen molar-refractivity contribution in [2.75, 3.05) is 13.2 Å². The first-order valence-corrected chi connectivity index (χ1v) is 6.48. The molecule has 0 aromatic carbocycles. The van der Waals surface area contributed by atoms with Gasteiger partial charge in [0.2, 0.25) is 0 Å². The summed E-state index contributed by atoms with van der Waals surface area (Å²) in [5.41, 5.74) is 0. The van der Waals surface area contributed by atoms with Crippen LogP contribution in [0.3, 0.4) is 0 Å². The Hall–Kier alpha value is -0.400. The molecule has 0 atom stereocenters. The van der Waals surface area contributed by atoms with Crippen LogP contribution in [0.5, 0.6) is 0 Å². The monoisotopic (exact) mass is 330 g/mol. The van der Waals surface area contributed by atoms with E-state index in [2.05, 4.69) is 15.9 Å². The molecule has 1 heterocycles. The van der Waals surface area contributed by atoms with Crippen molar-refractivity contribution in [2.24, 2.45) is 0 Å². The van der Waals surface area contributed by atoms with Gasteiger partial charge in [-0.05, 0) is 33.8 Å². The van der Waals surface area contributed by atoms with Gasteiger partial charge in [-0.25, -0.2) is 0 Å². The second-order valence-corrected chi connectivity index (χ2v) is 5.06. The minimum absolute atomic E-state index is 0.0613. The molecule has 0 aliphatic heterocycles. The number of alkyl halides is 3. The molecule has 1 rings (SSSR count). The molecule has 2 nitrogen and oxygen atoms in total. The second-order valence-electron chi connectivity index (χ2n) is 3.29. The van der Waals surface area contributed by atoms with Crippen LogP contribution in [0.2, 0.25) is 0 Å².